The standard InChI is InChI=1S/C27H35BrN2O5S/c1-4-11-29(19-14-16(2)9-10-17(19)3)25(33)23-27-15-18(28)22(36-27)20(26(34)35)21(27)24(32)30(23)12-7-5-6-8-13-31/h4,9-10,14,18,20-23,31H,1,5-8,11-13,15H2,2-3H3,(H,34,35)/t18?,20-,21-,22-,23?,27?/m0/s1. The van der Waals surface area contributed by atoms with Crippen LogP contribution in [0.4, 0.5) is 5.69 Å². The van der Waals surface area contributed by atoms with E-state index in [1.165, 1.54) is 11.8 Å². The Balaban J connectivity index is 1.75. The van der Waals surface area contributed by atoms with E-state index in [4.69, 9.17) is 5.11 Å². The van der Waals surface area contributed by atoms with Gasteiger partial charge in [0.2, 0.25) is 5.91 Å². The Labute approximate surface area is 225 Å². The molecule has 196 valence electrons. The molecule has 3 saturated heterocycles. The van der Waals surface area contributed by atoms with Crippen LogP contribution >= 0.6 is 27.7 Å². The monoisotopic (exact) mass is 578 g/mol. The van der Waals surface area contributed by atoms with Crippen LogP contribution in [0.25, 0.3) is 0 Å². The Bertz CT molecular complexity index is 1050. The third kappa shape index (κ3) is 4.52. The van der Waals surface area contributed by atoms with Crippen molar-refractivity contribution in [3.63, 3.8) is 0 Å². The largest absolute Gasteiger partial charge is 0.481 e. The highest BCUT2D eigenvalue weighted by Gasteiger charge is 2.76. The maximum atomic E-state index is 14.5. The number of halogens is 1. The van der Waals surface area contributed by atoms with Crippen molar-refractivity contribution < 1.29 is 24.6 Å². The maximum absolute atomic E-state index is 14.5. The van der Waals surface area contributed by atoms with Gasteiger partial charge in [0.1, 0.15) is 6.04 Å². The van der Waals surface area contributed by atoms with Crippen molar-refractivity contribution in [2.45, 2.75) is 66.8 Å². The number of fused-ring (bicyclic) bond motifs is 1. The predicted molar refractivity (Wildman–Crippen MR) is 146 cm³/mol. The van der Waals surface area contributed by atoms with Crippen molar-refractivity contribution in [3.05, 3.63) is 42.0 Å². The molecule has 0 aliphatic carbocycles. The van der Waals surface area contributed by atoms with Crippen LogP contribution in [0.2, 0.25) is 0 Å². The lowest BCUT2D eigenvalue weighted by atomic mass is 9.71. The number of hydrogen-bond acceptors (Lipinski definition) is 5. The number of amides is 2. The molecule has 36 heavy (non-hydrogen) atoms. The van der Waals surface area contributed by atoms with E-state index in [0.717, 1.165) is 29.7 Å². The Morgan fingerprint density at radius 1 is 1.28 bits per heavy atom. The summed E-state index contributed by atoms with van der Waals surface area (Å²) in [5.74, 6) is -2.88. The van der Waals surface area contributed by atoms with Crippen LogP contribution < -0.4 is 4.90 Å². The minimum atomic E-state index is -0.967. The van der Waals surface area contributed by atoms with Gasteiger partial charge >= 0.3 is 5.97 Å². The number of nitrogens with zero attached hydrogens (tertiary/aromatic N) is 2. The van der Waals surface area contributed by atoms with Gasteiger partial charge in [-0.3, -0.25) is 14.4 Å². The second-order valence-corrected chi connectivity index (χ2v) is 12.9. The molecule has 3 fully saturated rings. The quantitative estimate of drug-likeness (QED) is 0.234. The molecule has 1 aromatic rings. The molecule has 1 aromatic carbocycles. The molecule has 4 rings (SSSR count). The SMILES string of the molecule is C=CCN(C(=O)C1N(CCCCCCO)C(=O)[C@@H]2[C@H](C(=O)O)[C@H]3SC12CC3Br)c1cc(C)ccc1C. The summed E-state index contributed by atoms with van der Waals surface area (Å²) in [6.07, 6.45) is 5.34. The zero-order valence-electron chi connectivity index (χ0n) is 20.9. The number of aliphatic carboxylic acids is 1. The first-order valence-corrected chi connectivity index (χ1v) is 14.4. The van der Waals surface area contributed by atoms with Gasteiger partial charge < -0.3 is 20.0 Å². The molecule has 9 heteroatoms. The van der Waals surface area contributed by atoms with Gasteiger partial charge in [-0.25, -0.2) is 0 Å². The fourth-order valence-electron chi connectivity index (χ4n) is 6.27. The number of carboxylic acids is 1. The fourth-order valence-corrected chi connectivity index (χ4v) is 9.87. The molecule has 3 aliphatic rings. The molecule has 6 atom stereocenters. The minimum Gasteiger partial charge on any atom is -0.481 e. The molecular formula is C27H35BrN2O5S. The normalized spacial score (nSPS) is 30.5. The molecule has 2 bridgehead atoms. The highest BCUT2D eigenvalue weighted by molar-refractivity contribution is 9.09. The third-order valence-corrected chi connectivity index (χ3v) is 11.1. The summed E-state index contributed by atoms with van der Waals surface area (Å²) in [6, 6.07) is 5.23. The summed E-state index contributed by atoms with van der Waals surface area (Å²) in [5, 5.41) is 19.0. The topological polar surface area (TPSA) is 98.2 Å². The number of hydrogen-bond donors (Lipinski definition) is 2. The van der Waals surface area contributed by atoms with Crippen LogP contribution in [-0.2, 0) is 14.4 Å². The number of aliphatic hydroxyl groups is 1. The van der Waals surface area contributed by atoms with Crippen molar-refractivity contribution >= 4 is 51.2 Å². The summed E-state index contributed by atoms with van der Waals surface area (Å²) in [7, 11) is 0. The lowest BCUT2D eigenvalue weighted by Crippen LogP contribution is -2.55. The van der Waals surface area contributed by atoms with Crippen LogP contribution in [0, 0.1) is 25.7 Å². The van der Waals surface area contributed by atoms with Crippen LogP contribution in [-0.4, -0.2) is 73.5 Å². The summed E-state index contributed by atoms with van der Waals surface area (Å²) >= 11 is 5.21. The van der Waals surface area contributed by atoms with Crippen molar-refractivity contribution in [1.82, 2.24) is 4.90 Å². The lowest BCUT2D eigenvalue weighted by molar-refractivity contribution is -0.148. The molecule has 3 heterocycles. The molecule has 0 saturated carbocycles. The molecule has 2 amide bonds. The Morgan fingerprint density at radius 2 is 2.00 bits per heavy atom. The van der Waals surface area contributed by atoms with Crippen LogP contribution in [0.5, 0.6) is 0 Å². The van der Waals surface area contributed by atoms with E-state index in [1.54, 1.807) is 15.9 Å². The molecule has 1 spiro atoms. The number of likely N-dealkylation sites (tertiary alicyclic amines) is 1. The Morgan fingerprint density at radius 3 is 2.67 bits per heavy atom. The van der Waals surface area contributed by atoms with E-state index in [2.05, 4.69) is 22.5 Å². The van der Waals surface area contributed by atoms with E-state index in [-0.39, 0.29) is 28.5 Å². The minimum absolute atomic E-state index is 0.0685. The molecule has 3 aliphatic heterocycles. The fraction of sp³-hybridized carbons (Fsp3) is 0.593. The zero-order valence-corrected chi connectivity index (χ0v) is 23.3. The Kier molecular flexibility index (Phi) is 8.22. The number of carbonyl (C=O) groups excluding carboxylic acids is 2. The number of aryl methyl sites for hydroxylation is 2. The first kappa shape index (κ1) is 27.2. The van der Waals surface area contributed by atoms with Crippen LogP contribution in [0.1, 0.15) is 43.2 Å². The lowest BCUT2D eigenvalue weighted by Gasteiger charge is -2.38. The number of rotatable bonds is 11. The average molecular weight is 580 g/mol. The van der Waals surface area contributed by atoms with Gasteiger partial charge in [0.05, 0.1) is 16.6 Å². The van der Waals surface area contributed by atoms with Gasteiger partial charge in [0, 0.05) is 35.5 Å². The second kappa shape index (κ2) is 10.9. The first-order valence-electron chi connectivity index (χ1n) is 12.6. The van der Waals surface area contributed by atoms with E-state index in [0.29, 0.717) is 32.4 Å². The van der Waals surface area contributed by atoms with E-state index < -0.39 is 28.6 Å². The van der Waals surface area contributed by atoms with Crippen molar-refractivity contribution in [3.8, 4) is 0 Å². The van der Waals surface area contributed by atoms with Gasteiger partial charge in [-0.2, -0.15) is 0 Å². The summed E-state index contributed by atoms with van der Waals surface area (Å²) < 4.78 is -0.779. The summed E-state index contributed by atoms with van der Waals surface area (Å²) in [6.45, 7) is 8.64. The highest BCUT2D eigenvalue weighted by atomic mass is 79.9. The van der Waals surface area contributed by atoms with Crippen LogP contribution in [0.3, 0.4) is 0 Å². The van der Waals surface area contributed by atoms with E-state index in [9.17, 15) is 19.5 Å². The number of benzene rings is 1. The summed E-state index contributed by atoms with van der Waals surface area (Å²) in [4.78, 5) is 44.0. The van der Waals surface area contributed by atoms with Crippen molar-refractivity contribution in [1.29, 1.82) is 0 Å². The molecule has 2 N–H and O–H groups in total. The van der Waals surface area contributed by atoms with Crippen LogP contribution in [0.15, 0.2) is 30.9 Å². The van der Waals surface area contributed by atoms with Gasteiger partial charge in [-0.05, 0) is 50.3 Å². The first-order chi connectivity index (χ1) is 17.2. The average Bonchev–Trinajstić information content (AvgIpc) is 3.42. The third-order valence-electron chi connectivity index (χ3n) is 7.85. The Hall–Kier alpha value is -1.84. The molecule has 7 nitrogen and oxygen atoms in total. The number of anilines is 1. The number of unbranched alkanes of at least 4 members (excludes halogenated alkanes) is 3. The highest BCUT2D eigenvalue weighted by Crippen LogP contribution is 2.67. The van der Waals surface area contributed by atoms with Crippen molar-refractivity contribution in [2.24, 2.45) is 11.8 Å². The number of carbonyl (C=O) groups is 3. The number of carboxylic acid groups (broad SMARTS) is 1. The molecule has 0 radical (unpaired) electrons. The molecule has 3 unspecified atom stereocenters. The van der Waals surface area contributed by atoms with Crippen molar-refractivity contribution in [2.75, 3.05) is 24.6 Å². The molecular weight excluding hydrogens is 544 g/mol. The molecule has 0 aromatic heterocycles. The van der Waals surface area contributed by atoms with Gasteiger partial charge in [0.15, 0.2) is 0 Å². The predicted octanol–water partition coefficient (Wildman–Crippen LogP) is 3.92. The van der Waals surface area contributed by atoms with Gasteiger partial charge in [0.25, 0.3) is 5.91 Å². The smallest absolute Gasteiger partial charge is 0.308 e. The number of thioether (sulfide) groups is 1. The van der Waals surface area contributed by atoms with Gasteiger partial charge in [-0.15, -0.1) is 18.3 Å². The van der Waals surface area contributed by atoms with Gasteiger partial charge in [-0.1, -0.05) is 47.0 Å². The number of alkyl halides is 1. The van der Waals surface area contributed by atoms with E-state index in [1.807, 2.05) is 32.0 Å². The summed E-state index contributed by atoms with van der Waals surface area (Å²) in [5.41, 5.74) is 2.77. The zero-order chi connectivity index (χ0) is 26.2. The number of aliphatic hydroxyl groups excluding tert-OH is 1. The maximum Gasteiger partial charge on any atom is 0.308 e. The second-order valence-electron chi connectivity index (χ2n) is 10.2. The van der Waals surface area contributed by atoms with E-state index >= 15 is 0 Å².